The van der Waals surface area contributed by atoms with E-state index in [1.807, 2.05) is 24.3 Å². The van der Waals surface area contributed by atoms with Gasteiger partial charge in [0.25, 0.3) is 0 Å². The first-order valence-electron chi connectivity index (χ1n) is 10.4. The molecule has 0 aliphatic carbocycles. The SMILES string of the molecule is Nc1ccc(NC(=O)Nc2ccc(-c3cc4c(N5CCOCC5)ncnc4[nH]3)cc2)cc1. The van der Waals surface area contributed by atoms with E-state index in [1.54, 1.807) is 30.6 Å². The fourth-order valence-corrected chi connectivity index (χ4v) is 3.70. The maximum absolute atomic E-state index is 12.2. The van der Waals surface area contributed by atoms with Gasteiger partial charge in [0, 0.05) is 35.8 Å². The molecule has 9 nitrogen and oxygen atoms in total. The largest absolute Gasteiger partial charge is 0.399 e. The molecule has 0 spiro atoms. The number of nitrogen functional groups attached to an aromatic ring is 1. The van der Waals surface area contributed by atoms with Crippen LogP contribution >= 0.6 is 0 Å². The molecule has 2 amide bonds. The molecule has 1 aliphatic heterocycles. The molecule has 2 aromatic carbocycles. The molecular formula is C23H23N7O2. The molecule has 0 bridgehead atoms. The van der Waals surface area contributed by atoms with Crippen molar-refractivity contribution in [1.82, 2.24) is 15.0 Å². The van der Waals surface area contributed by atoms with Crippen LogP contribution in [0.4, 0.5) is 27.7 Å². The van der Waals surface area contributed by atoms with Gasteiger partial charge in [0.15, 0.2) is 0 Å². The highest BCUT2D eigenvalue weighted by molar-refractivity contribution is 6.00. The van der Waals surface area contributed by atoms with E-state index in [9.17, 15) is 4.79 Å². The van der Waals surface area contributed by atoms with E-state index in [-0.39, 0.29) is 6.03 Å². The Bertz CT molecular complexity index is 1230. The molecule has 2 aromatic heterocycles. The van der Waals surface area contributed by atoms with Crippen molar-refractivity contribution in [1.29, 1.82) is 0 Å². The second-order valence-corrected chi connectivity index (χ2v) is 7.52. The van der Waals surface area contributed by atoms with Gasteiger partial charge in [-0.2, -0.15) is 0 Å². The number of rotatable bonds is 4. The number of benzene rings is 2. The molecule has 1 fully saturated rings. The van der Waals surface area contributed by atoms with Crippen molar-refractivity contribution in [3.63, 3.8) is 0 Å². The highest BCUT2D eigenvalue weighted by atomic mass is 16.5. The van der Waals surface area contributed by atoms with Crippen molar-refractivity contribution in [2.24, 2.45) is 0 Å². The maximum atomic E-state index is 12.2. The van der Waals surface area contributed by atoms with E-state index in [2.05, 4.69) is 36.6 Å². The summed E-state index contributed by atoms with van der Waals surface area (Å²) in [5, 5.41) is 6.59. The van der Waals surface area contributed by atoms with E-state index >= 15 is 0 Å². The molecule has 5 rings (SSSR count). The van der Waals surface area contributed by atoms with Gasteiger partial charge in [-0.1, -0.05) is 12.1 Å². The number of fused-ring (bicyclic) bond motifs is 1. The van der Waals surface area contributed by atoms with Gasteiger partial charge in [-0.15, -0.1) is 0 Å². The maximum Gasteiger partial charge on any atom is 0.323 e. The molecule has 0 radical (unpaired) electrons. The zero-order chi connectivity index (χ0) is 21.9. The van der Waals surface area contributed by atoms with Crippen LogP contribution in [0.1, 0.15) is 0 Å². The van der Waals surface area contributed by atoms with E-state index in [0.717, 1.165) is 41.2 Å². The van der Waals surface area contributed by atoms with Crippen molar-refractivity contribution in [3.05, 3.63) is 60.9 Å². The van der Waals surface area contributed by atoms with Crippen LogP contribution in [0.3, 0.4) is 0 Å². The number of carbonyl (C=O) groups excluding carboxylic acids is 1. The lowest BCUT2D eigenvalue weighted by molar-refractivity contribution is 0.122. The van der Waals surface area contributed by atoms with Crippen LogP contribution in [0.5, 0.6) is 0 Å². The second-order valence-electron chi connectivity index (χ2n) is 7.52. The number of nitrogens with one attached hydrogen (secondary N) is 3. The van der Waals surface area contributed by atoms with E-state index in [4.69, 9.17) is 10.5 Å². The summed E-state index contributed by atoms with van der Waals surface area (Å²) >= 11 is 0. The van der Waals surface area contributed by atoms with Crippen molar-refractivity contribution >= 4 is 39.9 Å². The smallest absolute Gasteiger partial charge is 0.323 e. The molecule has 162 valence electrons. The molecular weight excluding hydrogens is 406 g/mol. The summed E-state index contributed by atoms with van der Waals surface area (Å²) in [5.41, 5.74) is 10.4. The normalized spacial score (nSPS) is 13.8. The number of aromatic amines is 1. The Morgan fingerprint density at radius 2 is 1.62 bits per heavy atom. The minimum absolute atomic E-state index is 0.321. The zero-order valence-corrected chi connectivity index (χ0v) is 17.3. The average Bonchev–Trinajstić information content (AvgIpc) is 3.26. The molecule has 0 unspecified atom stereocenters. The third kappa shape index (κ3) is 4.19. The van der Waals surface area contributed by atoms with Crippen molar-refractivity contribution < 1.29 is 9.53 Å². The van der Waals surface area contributed by atoms with Crippen LogP contribution in [0, 0.1) is 0 Å². The number of hydrogen-bond donors (Lipinski definition) is 4. The van der Waals surface area contributed by atoms with Gasteiger partial charge < -0.3 is 31.0 Å². The topological polar surface area (TPSA) is 121 Å². The number of hydrogen-bond acceptors (Lipinski definition) is 6. The standard InChI is InChI=1S/C23H23N7O2/c24-16-3-7-18(8-4-16)28-23(31)27-17-5-1-15(2-6-17)20-13-19-21(29-20)25-14-26-22(19)30-9-11-32-12-10-30/h1-8,13-14H,9-12,24H2,(H,25,26,29)(H2,27,28,31). The molecule has 4 aromatic rings. The second kappa shape index (κ2) is 8.56. The lowest BCUT2D eigenvalue weighted by Gasteiger charge is -2.27. The summed E-state index contributed by atoms with van der Waals surface area (Å²) in [6, 6.07) is 16.3. The fraction of sp³-hybridized carbons (Fsp3) is 0.174. The van der Waals surface area contributed by atoms with Gasteiger partial charge in [-0.3, -0.25) is 0 Å². The molecule has 9 heteroatoms. The highest BCUT2D eigenvalue weighted by Gasteiger charge is 2.17. The Hall–Kier alpha value is -4.11. The Labute approximate surface area is 184 Å². The number of anilines is 4. The van der Waals surface area contributed by atoms with Gasteiger partial charge in [0.05, 0.1) is 18.6 Å². The van der Waals surface area contributed by atoms with Crippen LogP contribution in [0.2, 0.25) is 0 Å². The fourth-order valence-electron chi connectivity index (χ4n) is 3.70. The van der Waals surface area contributed by atoms with Crippen molar-refractivity contribution in [2.75, 3.05) is 47.6 Å². The number of nitrogens with two attached hydrogens (primary N) is 1. The number of H-pyrrole nitrogens is 1. The van der Waals surface area contributed by atoms with Crippen LogP contribution in [-0.2, 0) is 4.74 Å². The van der Waals surface area contributed by atoms with Gasteiger partial charge in [-0.05, 0) is 48.0 Å². The number of nitrogens with zero attached hydrogens (tertiary/aromatic N) is 3. The minimum Gasteiger partial charge on any atom is -0.399 e. The third-order valence-corrected chi connectivity index (χ3v) is 5.34. The minimum atomic E-state index is -0.321. The van der Waals surface area contributed by atoms with Gasteiger partial charge in [-0.25, -0.2) is 14.8 Å². The molecule has 0 atom stereocenters. The van der Waals surface area contributed by atoms with E-state index in [1.165, 1.54) is 0 Å². The monoisotopic (exact) mass is 429 g/mol. The molecule has 5 N–H and O–H groups in total. The predicted molar refractivity (Wildman–Crippen MR) is 126 cm³/mol. The number of amides is 2. The van der Waals surface area contributed by atoms with Gasteiger partial charge in [0.2, 0.25) is 0 Å². The highest BCUT2D eigenvalue weighted by Crippen LogP contribution is 2.29. The molecule has 32 heavy (non-hydrogen) atoms. The van der Waals surface area contributed by atoms with Crippen LogP contribution < -0.4 is 21.3 Å². The number of ether oxygens (including phenoxy) is 1. The Morgan fingerprint density at radius 1 is 0.969 bits per heavy atom. The Balaban J connectivity index is 1.31. The first-order chi connectivity index (χ1) is 15.7. The van der Waals surface area contributed by atoms with Gasteiger partial charge >= 0.3 is 6.03 Å². The average molecular weight is 429 g/mol. The van der Waals surface area contributed by atoms with E-state index < -0.39 is 0 Å². The summed E-state index contributed by atoms with van der Waals surface area (Å²) in [6.07, 6.45) is 1.58. The zero-order valence-electron chi connectivity index (χ0n) is 17.3. The van der Waals surface area contributed by atoms with Crippen LogP contribution in [-0.4, -0.2) is 47.3 Å². The number of urea groups is 1. The first kappa shape index (κ1) is 19.8. The quantitative estimate of drug-likeness (QED) is 0.367. The van der Waals surface area contributed by atoms with Gasteiger partial charge in [0.1, 0.15) is 17.8 Å². The molecule has 1 saturated heterocycles. The molecule has 3 heterocycles. The summed E-state index contributed by atoms with van der Waals surface area (Å²) in [6.45, 7) is 3.02. The van der Waals surface area contributed by atoms with Crippen molar-refractivity contribution in [2.45, 2.75) is 0 Å². The first-order valence-corrected chi connectivity index (χ1v) is 10.4. The lowest BCUT2D eigenvalue weighted by atomic mass is 10.1. The predicted octanol–water partition coefficient (Wildman–Crippen LogP) is 3.69. The van der Waals surface area contributed by atoms with Crippen LogP contribution in [0.25, 0.3) is 22.3 Å². The lowest BCUT2D eigenvalue weighted by Crippen LogP contribution is -2.36. The summed E-state index contributed by atoms with van der Waals surface area (Å²) in [5.74, 6) is 0.915. The van der Waals surface area contributed by atoms with Crippen LogP contribution in [0.15, 0.2) is 60.9 Å². The third-order valence-electron chi connectivity index (χ3n) is 5.34. The summed E-state index contributed by atoms with van der Waals surface area (Å²) < 4.78 is 5.45. The molecule has 0 saturated carbocycles. The van der Waals surface area contributed by atoms with E-state index in [0.29, 0.717) is 30.3 Å². The summed E-state index contributed by atoms with van der Waals surface area (Å²) in [4.78, 5) is 26.7. The summed E-state index contributed by atoms with van der Waals surface area (Å²) in [7, 11) is 0. The Morgan fingerprint density at radius 3 is 2.31 bits per heavy atom. The van der Waals surface area contributed by atoms with Crippen molar-refractivity contribution in [3.8, 4) is 11.3 Å². The Kier molecular flexibility index (Phi) is 5.30. The molecule has 1 aliphatic rings. The number of morpholine rings is 1. The number of carbonyl (C=O) groups is 1. The number of aromatic nitrogens is 3.